The van der Waals surface area contributed by atoms with Crippen LogP contribution >= 0.6 is 24.0 Å². The summed E-state index contributed by atoms with van der Waals surface area (Å²) >= 11 is 0. The smallest absolute Gasteiger partial charge is 0.387 e. The van der Waals surface area contributed by atoms with Crippen LogP contribution in [0.3, 0.4) is 0 Å². The van der Waals surface area contributed by atoms with Crippen LogP contribution in [0.25, 0.3) is 0 Å². The first-order chi connectivity index (χ1) is 12.5. The molecule has 1 aromatic heterocycles. The van der Waals surface area contributed by atoms with Crippen molar-refractivity contribution in [2.75, 3.05) is 13.1 Å². The molecule has 0 radical (unpaired) electrons. The van der Waals surface area contributed by atoms with E-state index in [-0.39, 0.29) is 36.3 Å². The predicted octanol–water partition coefficient (Wildman–Crippen LogP) is 3.03. The van der Waals surface area contributed by atoms with Crippen LogP contribution in [-0.4, -0.2) is 35.3 Å². The average molecular weight is 494 g/mol. The van der Waals surface area contributed by atoms with Crippen LogP contribution in [0.2, 0.25) is 0 Å². The first-order valence-electron chi connectivity index (χ1n) is 8.33. The predicted molar refractivity (Wildman–Crippen MR) is 112 cm³/mol. The number of guanidine groups is 1. The molecular formula is C18H25F2IN4O2. The van der Waals surface area contributed by atoms with Crippen LogP contribution < -0.4 is 15.4 Å². The molecule has 0 bridgehead atoms. The highest BCUT2D eigenvalue weighted by Crippen LogP contribution is 2.19. The number of aryl methyl sites for hydroxylation is 1. The zero-order chi connectivity index (χ0) is 18.9. The van der Waals surface area contributed by atoms with Crippen LogP contribution in [0.15, 0.2) is 47.7 Å². The number of halogens is 3. The van der Waals surface area contributed by atoms with Gasteiger partial charge in [-0.15, -0.1) is 24.0 Å². The van der Waals surface area contributed by atoms with Gasteiger partial charge >= 0.3 is 6.61 Å². The van der Waals surface area contributed by atoms with Gasteiger partial charge in [0.25, 0.3) is 0 Å². The molecule has 150 valence electrons. The highest BCUT2D eigenvalue weighted by atomic mass is 127. The molecule has 2 rings (SSSR count). The van der Waals surface area contributed by atoms with E-state index in [2.05, 4.69) is 20.4 Å². The number of hydrogen-bond acceptors (Lipinski definition) is 3. The van der Waals surface area contributed by atoms with E-state index in [0.717, 1.165) is 5.56 Å². The van der Waals surface area contributed by atoms with Gasteiger partial charge in [0.15, 0.2) is 5.96 Å². The summed E-state index contributed by atoms with van der Waals surface area (Å²) in [5, 5.41) is 16.4. The molecule has 0 fully saturated rings. The van der Waals surface area contributed by atoms with Crippen LogP contribution in [0.4, 0.5) is 8.78 Å². The van der Waals surface area contributed by atoms with Gasteiger partial charge in [-0.2, -0.15) is 8.78 Å². The Morgan fingerprint density at radius 3 is 2.48 bits per heavy atom. The number of nitrogens with zero attached hydrogens (tertiary/aromatic N) is 2. The normalized spacial score (nSPS) is 12.4. The van der Waals surface area contributed by atoms with E-state index in [1.165, 1.54) is 12.1 Å². The summed E-state index contributed by atoms with van der Waals surface area (Å²) in [5.41, 5.74) is 1.68. The molecule has 1 atom stereocenters. The molecule has 1 unspecified atom stereocenters. The topological polar surface area (TPSA) is 70.8 Å². The Morgan fingerprint density at radius 2 is 1.93 bits per heavy atom. The van der Waals surface area contributed by atoms with Gasteiger partial charge in [-0.3, -0.25) is 0 Å². The van der Waals surface area contributed by atoms with Crippen molar-refractivity contribution >= 4 is 29.9 Å². The quantitative estimate of drug-likeness (QED) is 0.300. The second-order valence-corrected chi connectivity index (χ2v) is 5.72. The van der Waals surface area contributed by atoms with Gasteiger partial charge in [0, 0.05) is 32.5 Å². The Labute approximate surface area is 174 Å². The van der Waals surface area contributed by atoms with Gasteiger partial charge in [0.05, 0.1) is 12.6 Å². The van der Waals surface area contributed by atoms with E-state index >= 15 is 0 Å². The molecule has 27 heavy (non-hydrogen) atoms. The fourth-order valence-corrected chi connectivity index (χ4v) is 2.35. The van der Waals surface area contributed by atoms with Gasteiger partial charge in [-0.1, -0.05) is 12.1 Å². The highest BCUT2D eigenvalue weighted by molar-refractivity contribution is 14.0. The van der Waals surface area contributed by atoms with Gasteiger partial charge < -0.3 is 25.0 Å². The second-order valence-electron chi connectivity index (χ2n) is 5.72. The first-order valence-corrected chi connectivity index (χ1v) is 8.33. The molecule has 0 saturated heterocycles. The molecule has 0 aliphatic rings. The maximum absolute atomic E-state index is 12.2. The van der Waals surface area contributed by atoms with E-state index in [1.54, 1.807) is 12.1 Å². The van der Waals surface area contributed by atoms with Crippen molar-refractivity contribution in [1.82, 2.24) is 15.2 Å². The van der Waals surface area contributed by atoms with Crippen molar-refractivity contribution in [2.45, 2.75) is 26.2 Å². The van der Waals surface area contributed by atoms with Crippen molar-refractivity contribution in [3.63, 3.8) is 0 Å². The van der Waals surface area contributed by atoms with E-state index in [4.69, 9.17) is 0 Å². The summed E-state index contributed by atoms with van der Waals surface area (Å²) in [7, 11) is 1.95. The molecular weight excluding hydrogens is 469 g/mol. The molecule has 0 amide bonds. The second kappa shape index (κ2) is 11.8. The Bertz CT molecular complexity index is 708. The minimum Gasteiger partial charge on any atom is -0.435 e. The summed E-state index contributed by atoms with van der Waals surface area (Å²) in [6.07, 6.45) is 3.14. The van der Waals surface area contributed by atoms with Gasteiger partial charge in [0.2, 0.25) is 0 Å². The Kier molecular flexibility index (Phi) is 10.1. The molecule has 0 aliphatic carbocycles. The summed E-state index contributed by atoms with van der Waals surface area (Å²) in [5.74, 6) is 0.648. The lowest BCUT2D eigenvalue weighted by Gasteiger charge is -2.16. The fourth-order valence-electron chi connectivity index (χ4n) is 2.35. The summed E-state index contributed by atoms with van der Waals surface area (Å²) in [6.45, 7) is 0.534. The molecule has 0 saturated carbocycles. The number of aliphatic imine (C=N–C) groups is 1. The largest absolute Gasteiger partial charge is 0.435 e. The number of rotatable bonds is 8. The van der Waals surface area contributed by atoms with Gasteiger partial charge in [0.1, 0.15) is 5.75 Å². The van der Waals surface area contributed by atoms with E-state index in [1.807, 2.05) is 37.0 Å². The van der Waals surface area contributed by atoms with Crippen LogP contribution in [0, 0.1) is 0 Å². The van der Waals surface area contributed by atoms with Crippen molar-refractivity contribution < 1.29 is 18.6 Å². The van der Waals surface area contributed by atoms with Crippen molar-refractivity contribution in [2.24, 2.45) is 12.0 Å². The summed E-state index contributed by atoms with van der Waals surface area (Å²) < 4.78 is 30.6. The molecule has 1 heterocycles. The third-order valence-electron chi connectivity index (χ3n) is 3.61. The number of alkyl halides is 2. The molecule has 2 aromatic rings. The van der Waals surface area contributed by atoms with E-state index in [0.29, 0.717) is 24.6 Å². The number of aliphatic hydroxyl groups is 1. The maximum atomic E-state index is 12.2. The zero-order valence-corrected chi connectivity index (χ0v) is 17.6. The van der Waals surface area contributed by atoms with Crippen LogP contribution in [-0.2, 0) is 13.6 Å². The Morgan fingerprint density at radius 1 is 1.22 bits per heavy atom. The van der Waals surface area contributed by atoms with Crippen molar-refractivity contribution in [3.05, 3.63) is 53.9 Å². The summed E-state index contributed by atoms with van der Waals surface area (Å²) in [4.78, 5) is 4.48. The fraction of sp³-hybridized carbons (Fsp3) is 0.389. The molecule has 0 aliphatic heterocycles. The average Bonchev–Trinajstić information content (AvgIpc) is 3.02. The SMILES string of the molecule is CCNC(=NCc1ccn(C)c1)NCC(O)c1ccc(OC(F)F)cc1.I. The lowest BCUT2D eigenvalue weighted by Crippen LogP contribution is -2.39. The first kappa shape index (κ1) is 23.2. The zero-order valence-electron chi connectivity index (χ0n) is 15.2. The molecule has 9 heteroatoms. The monoisotopic (exact) mass is 494 g/mol. The lowest BCUT2D eigenvalue weighted by atomic mass is 10.1. The molecule has 0 spiro atoms. The van der Waals surface area contributed by atoms with Crippen LogP contribution in [0.1, 0.15) is 24.2 Å². The van der Waals surface area contributed by atoms with Gasteiger partial charge in [-0.05, 0) is 36.2 Å². The minimum atomic E-state index is -2.86. The van der Waals surface area contributed by atoms with E-state index < -0.39 is 12.7 Å². The standard InChI is InChI=1S/C18H24F2N4O2.HI/c1-3-21-18(22-10-13-8-9-24(2)12-13)23-11-16(25)14-4-6-15(7-5-14)26-17(19)20;/h4-9,12,16-17,25H,3,10-11H2,1-2H3,(H2,21,22,23);1H. The number of aromatic nitrogens is 1. The number of benzene rings is 1. The van der Waals surface area contributed by atoms with E-state index in [9.17, 15) is 13.9 Å². The van der Waals surface area contributed by atoms with Crippen molar-refractivity contribution in [1.29, 1.82) is 0 Å². The molecule has 3 N–H and O–H groups in total. The molecule has 1 aromatic carbocycles. The molecule has 6 nitrogen and oxygen atoms in total. The Hall–Kier alpha value is -1.88. The van der Waals surface area contributed by atoms with Crippen LogP contribution in [0.5, 0.6) is 5.75 Å². The third kappa shape index (κ3) is 8.12. The number of nitrogens with one attached hydrogen (secondary N) is 2. The number of hydrogen-bond donors (Lipinski definition) is 3. The lowest BCUT2D eigenvalue weighted by molar-refractivity contribution is -0.0498. The number of ether oxygens (including phenoxy) is 1. The third-order valence-corrected chi connectivity index (χ3v) is 3.61. The Balaban J connectivity index is 0.00000364. The highest BCUT2D eigenvalue weighted by Gasteiger charge is 2.10. The summed E-state index contributed by atoms with van der Waals surface area (Å²) in [6, 6.07) is 7.90. The maximum Gasteiger partial charge on any atom is 0.387 e. The van der Waals surface area contributed by atoms with Crippen molar-refractivity contribution in [3.8, 4) is 5.75 Å². The number of aliphatic hydroxyl groups excluding tert-OH is 1. The minimum absolute atomic E-state index is 0. The van der Waals surface area contributed by atoms with Gasteiger partial charge in [-0.25, -0.2) is 4.99 Å².